The van der Waals surface area contributed by atoms with E-state index >= 15 is 0 Å². The molecule has 0 unspecified atom stereocenters. The Bertz CT molecular complexity index is 2060. The van der Waals surface area contributed by atoms with E-state index in [2.05, 4.69) is 31.0 Å². The molecule has 0 radical (unpaired) electrons. The van der Waals surface area contributed by atoms with Crippen LogP contribution >= 0.6 is 0 Å². The first-order chi connectivity index (χ1) is 23.6. The van der Waals surface area contributed by atoms with Crippen LogP contribution in [-0.2, 0) is 19.6 Å². The van der Waals surface area contributed by atoms with E-state index in [0.29, 0.717) is 76.2 Å². The van der Waals surface area contributed by atoms with Gasteiger partial charge in [0.05, 0.1) is 30.4 Å². The largest absolute Gasteiger partial charge is 0.494 e. The number of hydrogen-bond donors (Lipinski definition) is 5. The number of nitrogens with zero attached hydrogens (tertiary/aromatic N) is 6. The van der Waals surface area contributed by atoms with Crippen molar-refractivity contribution in [3.63, 3.8) is 0 Å². The fourth-order valence-corrected chi connectivity index (χ4v) is 5.58. The molecule has 0 atom stereocenters. The Morgan fingerprint density at radius 2 is 1.47 bits per heavy atom. The minimum Gasteiger partial charge on any atom is -0.494 e. The van der Waals surface area contributed by atoms with E-state index in [1.165, 1.54) is 7.11 Å². The second-order valence-electron chi connectivity index (χ2n) is 11.2. The predicted octanol–water partition coefficient (Wildman–Crippen LogP) is 2.66. The van der Waals surface area contributed by atoms with Gasteiger partial charge in [-0.05, 0) is 64.2 Å². The van der Waals surface area contributed by atoms with Crippen molar-refractivity contribution < 1.29 is 23.9 Å². The number of amides is 3. The lowest BCUT2D eigenvalue weighted by Gasteiger charge is -2.13. The third-order valence-electron chi connectivity index (χ3n) is 7.86. The van der Waals surface area contributed by atoms with E-state index in [4.69, 9.17) is 20.9 Å². The van der Waals surface area contributed by atoms with Crippen LogP contribution in [0.2, 0.25) is 0 Å². The summed E-state index contributed by atoms with van der Waals surface area (Å²) in [6.45, 7) is 6.07. The highest BCUT2D eigenvalue weighted by Crippen LogP contribution is 2.32. The summed E-state index contributed by atoms with van der Waals surface area (Å²) in [6.07, 6.45) is 4.61. The van der Waals surface area contributed by atoms with Crippen LogP contribution in [0.4, 0.5) is 11.9 Å². The summed E-state index contributed by atoms with van der Waals surface area (Å²) in [4.78, 5) is 46.9. The number of carbonyl (C=O) groups is 3. The third kappa shape index (κ3) is 7.18. The van der Waals surface area contributed by atoms with Gasteiger partial charge in [0.15, 0.2) is 0 Å². The minimum atomic E-state index is -0.635. The molecule has 0 bridgehead atoms. The summed E-state index contributed by atoms with van der Waals surface area (Å²) < 4.78 is 17.1. The number of methoxy groups -OCH3 is 1. The van der Waals surface area contributed by atoms with Gasteiger partial charge in [-0.3, -0.25) is 24.4 Å². The zero-order valence-corrected chi connectivity index (χ0v) is 28.2. The van der Waals surface area contributed by atoms with Crippen molar-refractivity contribution in [3.8, 4) is 11.5 Å². The Kier molecular flexibility index (Phi) is 10.5. The van der Waals surface area contributed by atoms with Gasteiger partial charge in [-0.25, -0.2) is 9.97 Å². The third-order valence-corrected chi connectivity index (χ3v) is 7.86. The van der Waals surface area contributed by atoms with Crippen LogP contribution in [0.1, 0.15) is 50.2 Å². The minimum absolute atomic E-state index is 0.220. The van der Waals surface area contributed by atoms with Gasteiger partial charge in [-0.1, -0.05) is 12.2 Å². The molecule has 16 nitrogen and oxygen atoms in total. The molecule has 0 saturated carbocycles. The van der Waals surface area contributed by atoms with Crippen LogP contribution in [0.25, 0.3) is 22.1 Å². The maximum atomic E-state index is 13.4. The van der Waals surface area contributed by atoms with E-state index in [9.17, 15) is 14.4 Å². The van der Waals surface area contributed by atoms with Crippen molar-refractivity contribution in [2.75, 3.05) is 45.0 Å². The van der Waals surface area contributed by atoms with Crippen molar-refractivity contribution in [2.45, 2.75) is 39.9 Å². The van der Waals surface area contributed by atoms with Gasteiger partial charge < -0.3 is 40.7 Å². The van der Waals surface area contributed by atoms with Crippen LogP contribution < -0.4 is 36.9 Å². The molecule has 0 aliphatic heterocycles. The molecule has 0 spiro atoms. The molecule has 3 heterocycles. The normalized spacial score (nSPS) is 11.4. The molecule has 0 fully saturated rings. The zero-order valence-electron chi connectivity index (χ0n) is 28.2. The zero-order chi connectivity index (χ0) is 35.2. The molecule has 3 amide bonds. The van der Waals surface area contributed by atoms with E-state index in [1.54, 1.807) is 46.6 Å². The molecule has 0 saturated heterocycles. The Hall–Kier alpha value is -5.90. The molecular weight excluding hydrogens is 630 g/mol. The number of fused-ring (bicyclic) bond motifs is 2. The number of allylic oxidation sites excluding steroid dienone is 2. The van der Waals surface area contributed by atoms with Crippen LogP contribution in [0.5, 0.6) is 11.5 Å². The summed E-state index contributed by atoms with van der Waals surface area (Å²) in [5.41, 5.74) is 15.0. The van der Waals surface area contributed by atoms with Gasteiger partial charge in [0.25, 0.3) is 5.91 Å². The number of rotatable bonds is 16. The molecule has 5 aromatic rings. The number of aryl methyl sites for hydroxylation is 2. The van der Waals surface area contributed by atoms with Crippen molar-refractivity contribution >= 4 is 51.7 Å². The summed E-state index contributed by atoms with van der Waals surface area (Å²) >= 11 is 0. The van der Waals surface area contributed by atoms with Crippen LogP contribution in [-0.4, -0.2) is 81.0 Å². The number of hydrogen-bond acceptors (Lipinski definition) is 10. The monoisotopic (exact) mass is 671 g/mol. The van der Waals surface area contributed by atoms with Gasteiger partial charge in [0, 0.05) is 37.8 Å². The lowest BCUT2D eigenvalue weighted by Crippen LogP contribution is -2.20. The molecule has 258 valence electrons. The lowest BCUT2D eigenvalue weighted by molar-refractivity contribution is 0.0991. The van der Waals surface area contributed by atoms with Gasteiger partial charge in [-0.2, -0.15) is 5.10 Å². The number of anilines is 2. The first-order valence-corrected chi connectivity index (χ1v) is 15.8. The highest BCUT2D eigenvalue weighted by atomic mass is 16.5. The van der Waals surface area contributed by atoms with E-state index in [-0.39, 0.29) is 18.1 Å². The van der Waals surface area contributed by atoms with Crippen molar-refractivity contribution in [1.29, 1.82) is 0 Å². The average molecular weight is 672 g/mol. The van der Waals surface area contributed by atoms with Crippen LogP contribution in [0, 0.1) is 6.92 Å². The molecule has 3 aromatic heterocycles. The number of benzene rings is 2. The first kappa shape index (κ1) is 34.4. The van der Waals surface area contributed by atoms with Gasteiger partial charge in [-0.15, -0.1) is 0 Å². The fourth-order valence-electron chi connectivity index (χ4n) is 5.58. The van der Waals surface area contributed by atoms with Crippen molar-refractivity contribution in [1.82, 2.24) is 34.2 Å². The second-order valence-corrected chi connectivity index (χ2v) is 11.2. The quantitative estimate of drug-likeness (QED) is 0.0764. The highest BCUT2D eigenvalue weighted by Gasteiger charge is 2.22. The van der Waals surface area contributed by atoms with Crippen molar-refractivity contribution in [2.24, 2.45) is 11.5 Å². The number of nitrogens with one attached hydrogen (secondary N) is 3. The number of carbonyl (C=O) groups excluding carboxylic acids is 3. The Morgan fingerprint density at radius 3 is 2.04 bits per heavy atom. The van der Waals surface area contributed by atoms with Crippen molar-refractivity contribution in [3.05, 3.63) is 65.0 Å². The SMILES string of the molecule is CCn1nc(C)cc1C(=O)Nc1nc2cc(C(N)=O)cc(OC)c2n1C/C=C/Cn1c(NC)nc2cc(C(N)=O)cc(OCCCNC)c21. The summed E-state index contributed by atoms with van der Waals surface area (Å²) in [5, 5.41) is 13.5. The Morgan fingerprint density at radius 1 is 0.878 bits per heavy atom. The summed E-state index contributed by atoms with van der Waals surface area (Å²) in [7, 11) is 5.11. The molecule has 16 heteroatoms. The van der Waals surface area contributed by atoms with E-state index < -0.39 is 17.7 Å². The lowest BCUT2D eigenvalue weighted by atomic mass is 10.1. The number of primary amides is 2. The van der Waals surface area contributed by atoms with Gasteiger partial charge >= 0.3 is 0 Å². The fraction of sp³-hybridized carbons (Fsp3) is 0.333. The van der Waals surface area contributed by atoms with Crippen LogP contribution in [0.15, 0.2) is 42.5 Å². The molecule has 49 heavy (non-hydrogen) atoms. The Balaban J connectivity index is 1.51. The number of nitrogens with two attached hydrogens (primary N) is 2. The first-order valence-electron chi connectivity index (χ1n) is 15.8. The number of aromatic nitrogens is 6. The highest BCUT2D eigenvalue weighted by molar-refractivity contribution is 6.04. The second kappa shape index (κ2) is 14.9. The van der Waals surface area contributed by atoms with E-state index in [0.717, 1.165) is 13.0 Å². The maximum Gasteiger partial charge on any atom is 0.276 e. The standard InChI is InChI=1S/C33H41N11O5/c1-6-44-24(14-19(2)41-44)31(47)40-33-39-22-15-20(29(34)45)17-25(48-5)27(22)43(33)12-8-7-11-42-28-23(38-32(42)37-4)16-21(30(35)46)18-26(28)49-13-9-10-36-3/h7-8,14-18,36H,6,9-13H2,1-5H3,(H2,34,45)(H2,35,46)(H,37,38)(H,39,40,47)/b8-7+. The van der Waals surface area contributed by atoms with Gasteiger partial charge in [0.1, 0.15) is 28.2 Å². The summed E-state index contributed by atoms with van der Waals surface area (Å²) in [6, 6.07) is 8.09. The molecule has 7 N–H and O–H groups in total. The predicted molar refractivity (Wildman–Crippen MR) is 186 cm³/mol. The maximum absolute atomic E-state index is 13.4. The average Bonchev–Trinajstić information content (AvgIpc) is 3.76. The smallest absolute Gasteiger partial charge is 0.276 e. The molecule has 5 rings (SSSR count). The van der Waals surface area contributed by atoms with E-state index in [1.807, 2.05) is 37.6 Å². The molecule has 0 aliphatic rings. The Labute approximate surface area is 282 Å². The number of imidazole rings is 2. The number of ether oxygens (including phenoxy) is 2. The topological polar surface area (TPSA) is 211 Å². The van der Waals surface area contributed by atoms with Crippen LogP contribution in [0.3, 0.4) is 0 Å². The molecule has 0 aliphatic carbocycles. The van der Waals surface area contributed by atoms with Gasteiger partial charge in [0.2, 0.25) is 23.7 Å². The summed E-state index contributed by atoms with van der Waals surface area (Å²) in [5.74, 6) is 0.0576. The molecule has 2 aromatic carbocycles. The molecular formula is C33H41N11O5.